The van der Waals surface area contributed by atoms with Crippen molar-refractivity contribution in [2.45, 2.75) is 23.1 Å². The van der Waals surface area contributed by atoms with Crippen LogP contribution in [0.3, 0.4) is 0 Å². The summed E-state index contributed by atoms with van der Waals surface area (Å²) in [7, 11) is -4.06. The highest BCUT2D eigenvalue weighted by Gasteiger charge is 2.30. The van der Waals surface area contributed by atoms with Gasteiger partial charge in [0, 0.05) is 29.8 Å². The van der Waals surface area contributed by atoms with Crippen LogP contribution in [-0.2, 0) is 9.84 Å². The fraction of sp³-hybridized carbons (Fsp3) is 0.0870. The number of fused-ring (bicyclic) bond motifs is 1. The minimum Gasteiger partial charge on any atom is -0.297 e. The van der Waals surface area contributed by atoms with Gasteiger partial charge in [-0.2, -0.15) is 4.52 Å². The zero-order chi connectivity index (χ0) is 22.6. The van der Waals surface area contributed by atoms with Gasteiger partial charge in [0.15, 0.2) is 22.2 Å². The van der Waals surface area contributed by atoms with Crippen LogP contribution in [0.15, 0.2) is 58.5 Å². The molecule has 0 spiro atoms. The zero-order valence-corrected chi connectivity index (χ0v) is 17.4. The number of aromatic nitrogens is 3. The molecule has 8 heteroatoms. The predicted molar refractivity (Wildman–Crippen MR) is 120 cm³/mol. The Morgan fingerprint density at radius 1 is 1.23 bits per heavy atom. The first-order valence-corrected chi connectivity index (χ1v) is 10.5. The van der Waals surface area contributed by atoms with Crippen molar-refractivity contribution in [2.75, 3.05) is 10.2 Å². The van der Waals surface area contributed by atoms with Crippen molar-refractivity contribution >= 4 is 32.7 Å². The van der Waals surface area contributed by atoms with Crippen molar-refractivity contribution in [2.24, 2.45) is 0 Å². The number of sulfone groups is 1. The molecule has 2 aromatic heterocycles. The fourth-order valence-electron chi connectivity index (χ4n) is 2.98. The van der Waals surface area contributed by atoms with Crippen LogP contribution < -0.4 is 10.2 Å². The Morgan fingerprint density at radius 3 is 2.45 bits per heavy atom. The normalized spacial score (nSPS) is 10.4. The Balaban J connectivity index is 2.52. The Kier molecular flexibility index (Phi) is 5.86. The minimum atomic E-state index is -4.06. The molecule has 1 aromatic carbocycles. The van der Waals surface area contributed by atoms with E-state index in [1.54, 1.807) is 24.3 Å². The standard InChI is InChI=1S/C23H17N5O2S/c1-6-17(7-2)19-16-20(27(9-4)10-5)28-23(25-19)21(22(26-28)24-8-3)31(29,30)18-14-12-11-13-15-18/h3-5,11-16H,1,7H2,2H3,(H,24,26). The maximum absolute atomic E-state index is 13.5. The largest absolute Gasteiger partial charge is 0.297 e. The van der Waals surface area contributed by atoms with Gasteiger partial charge in [-0.25, -0.2) is 18.3 Å². The SMILES string of the molecule is C#CNc1nn2c(N(C#C)C#C)cc(C(=C=C)CC)nc2c1S(=O)(=O)c1ccccc1. The summed E-state index contributed by atoms with van der Waals surface area (Å²) in [6, 6.07) is 16.4. The highest BCUT2D eigenvalue weighted by atomic mass is 32.2. The van der Waals surface area contributed by atoms with Crippen LogP contribution in [0.5, 0.6) is 0 Å². The molecular formula is C23H17N5O2S. The molecule has 1 N–H and O–H groups in total. The predicted octanol–water partition coefficient (Wildman–Crippen LogP) is 3.13. The van der Waals surface area contributed by atoms with Gasteiger partial charge in [-0.1, -0.05) is 51.0 Å². The molecule has 0 radical (unpaired) electrons. The summed E-state index contributed by atoms with van der Waals surface area (Å²) in [6.45, 7) is 5.57. The number of nitrogens with one attached hydrogen (secondary N) is 1. The third-order valence-corrected chi connectivity index (χ3v) is 6.21. The summed E-state index contributed by atoms with van der Waals surface area (Å²) in [5, 5.41) is 6.85. The maximum atomic E-state index is 13.5. The number of anilines is 2. The van der Waals surface area contributed by atoms with Crippen LogP contribution in [0.4, 0.5) is 11.6 Å². The van der Waals surface area contributed by atoms with Crippen LogP contribution in [-0.4, -0.2) is 23.0 Å². The topological polar surface area (TPSA) is 79.6 Å². The van der Waals surface area contributed by atoms with E-state index in [0.717, 1.165) is 4.90 Å². The van der Waals surface area contributed by atoms with Crippen molar-refractivity contribution in [3.8, 4) is 37.4 Å². The summed E-state index contributed by atoms with van der Waals surface area (Å²) >= 11 is 0. The molecule has 0 amide bonds. The van der Waals surface area contributed by atoms with Gasteiger partial charge in [0.1, 0.15) is 0 Å². The molecule has 0 bridgehead atoms. The van der Waals surface area contributed by atoms with Gasteiger partial charge in [-0.3, -0.25) is 5.32 Å². The lowest BCUT2D eigenvalue weighted by atomic mass is 10.1. The van der Waals surface area contributed by atoms with Gasteiger partial charge in [0.2, 0.25) is 9.84 Å². The van der Waals surface area contributed by atoms with E-state index in [-0.39, 0.29) is 27.1 Å². The molecule has 0 unspecified atom stereocenters. The Bertz CT molecular complexity index is 1430. The maximum Gasteiger partial charge on any atom is 0.214 e. The van der Waals surface area contributed by atoms with Crippen LogP contribution in [0.2, 0.25) is 0 Å². The molecule has 0 saturated heterocycles. The van der Waals surface area contributed by atoms with E-state index in [0.29, 0.717) is 17.7 Å². The first-order chi connectivity index (χ1) is 14.9. The number of benzene rings is 1. The number of rotatable bonds is 6. The molecule has 152 valence electrons. The van der Waals surface area contributed by atoms with Gasteiger partial charge in [0.05, 0.1) is 10.6 Å². The van der Waals surface area contributed by atoms with Gasteiger partial charge in [0.25, 0.3) is 0 Å². The third-order valence-electron chi connectivity index (χ3n) is 4.40. The first-order valence-electron chi connectivity index (χ1n) is 9.00. The fourth-order valence-corrected chi connectivity index (χ4v) is 4.45. The average Bonchev–Trinajstić information content (AvgIpc) is 3.15. The van der Waals surface area contributed by atoms with Gasteiger partial charge in [-0.15, -0.1) is 10.8 Å². The second-order valence-corrected chi connectivity index (χ2v) is 7.99. The molecular weight excluding hydrogens is 410 g/mol. The van der Waals surface area contributed by atoms with E-state index >= 15 is 0 Å². The van der Waals surface area contributed by atoms with Crippen molar-refractivity contribution in [1.29, 1.82) is 0 Å². The Hall–Kier alpha value is -4.41. The second kappa shape index (κ2) is 8.53. The quantitative estimate of drug-likeness (QED) is 0.370. The minimum absolute atomic E-state index is 0.00537. The molecule has 0 saturated carbocycles. The number of hydrogen-bond donors (Lipinski definition) is 1. The molecule has 0 aliphatic rings. The number of allylic oxidation sites excluding steroid dienone is 1. The van der Waals surface area contributed by atoms with Crippen molar-refractivity contribution in [3.63, 3.8) is 0 Å². The summed E-state index contributed by atoms with van der Waals surface area (Å²) < 4.78 is 28.3. The Labute approximate surface area is 181 Å². The lowest BCUT2D eigenvalue weighted by Crippen LogP contribution is -2.14. The monoisotopic (exact) mass is 427 g/mol. The lowest BCUT2D eigenvalue weighted by Gasteiger charge is -2.13. The third kappa shape index (κ3) is 3.64. The van der Waals surface area contributed by atoms with E-state index in [2.05, 4.69) is 45.8 Å². The van der Waals surface area contributed by atoms with Gasteiger partial charge >= 0.3 is 0 Å². The van der Waals surface area contributed by atoms with E-state index in [1.807, 2.05) is 6.92 Å². The van der Waals surface area contributed by atoms with Crippen molar-refractivity contribution in [3.05, 3.63) is 54.4 Å². The first kappa shape index (κ1) is 21.3. The van der Waals surface area contributed by atoms with Crippen molar-refractivity contribution < 1.29 is 8.42 Å². The molecule has 0 aliphatic heterocycles. The summed E-state index contributed by atoms with van der Waals surface area (Å²) in [5.74, 6) is 0.160. The van der Waals surface area contributed by atoms with Crippen molar-refractivity contribution in [1.82, 2.24) is 14.6 Å². The summed E-state index contributed by atoms with van der Waals surface area (Å²) in [4.78, 5) is 5.51. The number of terminal acetylenes is 3. The molecule has 0 atom stereocenters. The highest BCUT2D eigenvalue weighted by molar-refractivity contribution is 7.91. The van der Waals surface area contributed by atoms with Crippen LogP contribution in [0.25, 0.3) is 11.2 Å². The molecule has 31 heavy (non-hydrogen) atoms. The molecule has 0 fully saturated rings. The highest BCUT2D eigenvalue weighted by Crippen LogP contribution is 2.34. The zero-order valence-electron chi connectivity index (χ0n) is 16.6. The number of hydrogen-bond acceptors (Lipinski definition) is 6. The molecule has 0 aliphatic carbocycles. The Morgan fingerprint density at radius 2 is 1.90 bits per heavy atom. The van der Waals surface area contributed by atoms with E-state index < -0.39 is 9.84 Å². The second-order valence-electron chi connectivity index (χ2n) is 6.10. The molecule has 2 heterocycles. The summed E-state index contributed by atoms with van der Waals surface area (Å²) in [5.41, 5.74) is 3.87. The van der Waals surface area contributed by atoms with Crippen LogP contribution in [0, 0.1) is 37.4 Å². The van der Waals surface area contributed by atoms with Crippen LogP contribution in [0.1, 0.15) is 19.0 Å². The molecule has 3 rings (SSSR count). The number of nitrogens with zero attached hydrogens (tertiary/aromatic N) is 4. The average molecular weight is 427 g/mol. The van der Waals surface area contributed by atoms with Gasteiger partial charge in [-0.05, 0) is 18.6 Å². The lowest BCUT2D eigenvalue weighted by molar-refractivity contribution is 0.597. The molecule has 7 nitrogen and oxygen atoms in total. The smallest absolute Gasteiger partial charge is 0.214 e. The van der Waals surface area contributed by atoms with E-state index in [9.17, 15) is 8.42 Å². The summed E-state index contributed by atoms with van der Waals surface area (Å²) in [6.07, 6.45) is 17.0. The molecule has 3 aromatic rings. The van der Waals surface area contributed by atoms with E-state index in [4.69, 9.17) is 19.3 Å². The van der Waals surface area contributed by atoms with Gasteiger partial charge < -0.3 is 0 Å². The van der Waals surface area contributed by atoms with E-state index in [1.165, 1.54) is 16.6 Å². The van der Waals surface area contributed by atoms with Crippen LogP contribution >= 0.6 is 0 Å².